The van der Waals surface area contributed by atoms with Crippen molar-refractivity contribution in [2.45, 2.75) is 38.0 Å². The minimum atomic E-state index is 0.313. The summed E-state index contributed by atoms with van der Waals surface area (Å²) in [4.78, 5) is 20.9. The third-order valence-corrected chi connectivity index (χ3v) is 6.84. The maximum absolute atomic E-state index is 12.0. The molecular weight excluding hydrogens is 380 g/mol. The van der Waals surface area contributed by atoms with Crippen molar-refractivity contribution in [3.8, 4) is 0 Å². The molecule has 1 aromatic heterocycles. The third kappa shape index (κ3) is 4.32. The van der Waals surface area contributed by atoms with E-state index in [9.17, 15) is 4.79 Å². The lowest BCUT2D eigenvalue weighted by Gasteiger charge is -2.24. The van der Waals surface area contributed by atoms with Crippen molar-refractivity contribution < 1.29 is 4.79 Å². The number of benzene rings is 1. The Kier molecular flexibility index (Phi) is 6.19. The number of nitrogens with zero attached hydrogens (tertiary/aromatic N) is 3. The lowest BCUT2D eigenvalue weighted by Crippen LogP contribution is -2.42. The van der Waals surface area contributed by atoms with Gasteiger partial charge in [-0.25, -0.2) is 0 Å². The van der Waals surface area contributed by atoms with Gasteiger partial charge in [-0.1, -0.05) is 25.1 Å². The Bertz CT molecular complexity index is 864. The summed E-state index contributed by atoms with van der Waals surface area (Å²) in [6.07, 6.45) is 2.72. The maximum Gasteiger partial charge on any atom is 0.222 e. The molecule has 2 atom stereocenters. The minimum absolute atomic E-state index is 0.313. The lowest BCUT2D eigenvalue weighted by atomic mass is 9.98. The molecule has 2 unspecified atom stereocenters. The van der Waals surface area contributed by atoms with E-state index in [0.717, 1.165) is 45.0 Å². The lowest BCUT2D eigenvalue weighted by molar-refractivity contribution is -0.127. The van der Waals surface area contributed by atoms with Crippen LogP contribution in [0.15, 0.2) is 46.1 Å². The number of para-hydroxylation sites is 1. The summed E-state index contributed by atoms with van der Waals surface area (Å²) in [6, 6.07) is 10.8. The fraction of sp³-hybridized carbons (Fsp3) is 0.478. The van der Waals surface area contributed by atoms with Gasteiger partial charge in [0.15, 0.2) is 5.96 Å². The molecule has 0 bridgehead atoms. The number of rotatable bonds is 6. The van der Waals surface area contributed by atoms with E-state index in [1.54, 1.807) is 11.3 Å². The zero-order chi connectivity index (χ0) is 20.2. The number of carbonyl (C=O) groups excluding carboxylic acids is 1. The molecule has 1 saturated heterocycles. The smallest absolute Gasteiger partial charge is 0.222 e. The molecule has 1 amide bonds. The first-order valence-electron chi connectivity index (χ1n) is 10.5. The van der Waals surface area contributed by atoms with Crippen molar-refractivity contribution in [3.05, 3.63) is 52.2 Å². The van der Waals surface area contributed by atoms with Crippen LogP contribution in [-0.2, 0) is 4.79 Å². The van der Waals surface area contributed by atoms with E-state index in [1.807, 2.05) is 11.9 Å². The van der Waals surface area contributed by atoms with Crippen LogP contribution in [0.25, 0.3) is 0 Å². The largest absolute Gasteiger partial charge is 0.355 e. The van der Waals surface area contributed by atoms with E-state index in [2.05, 4.69) is 63.2 Å². The molecule has 0 radical (unpaired) electrons. The van der Waals surface area contributed by atoms with E-state index in [1.165, 1.54) is 16.8 Å². The quantitative estimate of drug-likeness (QED) is 0.577. The number of carbonyl (C=O) groups is 1. The number of aliphatic imine (C=N–C) groups is 1. The predicted molar refractivity (Wildman–Crippen MR) is 121 cm³/mol. The van der Waals surface area contributed by atoms with Gasteiger partial charge in [-0.2, -0.15) is 11.3 Å². The summed E-state index contributed by atoms with van der Waals surface area (Å²) in [7, 11) is 1.86. The molecule has 2 aromatic rings. The molecule has 1 N–H and O–H groups in total. The Hall–Kier alpha value is -2.34. The second kappa shape index (κ2) is 8.99. The number of hydrogen-bond donors (Lipinski definition) is 1. The van der Waals surface area contributed by atoms with Crippen molar-refractivity contribution >= 4 is 28.9 Å². The first-order chi connectivity index (χ1) is 14.2. The Morgan fingerprint density at radius 2 is 2.21 bits per heavy atom. The van der Waals surface area contributed by atoms with Gasteiger partial charge in [0.2, 0.25) is 5.91 Å². The van der Waals surface area contributed by atoms with Gasteiger partial charge in [-0.3, -0.25) is 9.79 Å². The molecular formula is C23H30N4OS. The molecule has 154 valence electrons. The van der Waals surface area contributed by atoms with Gasteiger partial charge in [-0.15, -0.1) is 0 Å². The van der Waals surface area contributed by atoms with Gasteiger partial charge in [0.25, 0.3) is 0 Å². The van der Waals surface area contributed by atoms with Crippen LogP contribution in [-0.4, -0.2) is 50.0 Å². The van der Waals surface area contributed by atoms with Crippen LogP contribution >= 0.6 is 11.3 Å². The van der Waals surface area contributed by atoms with E-state index in [4.69, 9.17) is 0 Å². The molecule has 29 heavy (non-hydrogen) atoms. The molecule has 1 aromatic carbocycles. The number of fused-ring (bicyclic) bond motifs is 1. The van der Waals surface area contributed by atoms with Crippen molar-refractivity contribution in [2.24, 2.45) is 4.99 Å². The second-order valence-corrected chi connectivity index (χ2v) is 8.81. The molecule has 0 saturated carbocycles. The van der Waals surface area contributed by atoms with Crippen LogP contribution in [0.4, 0.5) is 5.69 Å². The van der Waals surface area contributed by atoms with Crippen molar-refractivity contribution in [1.82, 2.24) is 10.2 Å². The van der Waals surface area contributed by atoms with Gasteiger partial charge in [0, 0.05) is 51.3 Å². The Morgan fingerprint density at radius 1 is 1.34 bits per heavy atom. The fourth-order valence-electron chi connectivity index (χ4n) is 4.41. The summed E-state index contributed by atoms with van der Waals surface area (Å²) in [5, 5.41) is 7.93. The molecule has 0 aliphatic carbocycles. The van der Waals surface area contributed by atoms with Crippen LogP contribution in [0.2, 0.25) is 0 Å². The molecule has 2 aliphatic heterocycles. The Balaban J connectivity index is 1.43. The monoisotopic (exact) mass is 410 g/mol. The molecule has 4 rings (SSSR count). The first-order valence-corrected chi connectivity index (χ1v) is 11.5. The first kappa shape index (κ1) is 20.0. The number of amides is 1. The third-order valence-electron chi connectivity index (χ3n) is 6.14. The van der Waals surface area contributed by atoms with Crippen molar-refractivity contribution in [3.63, 3.8) is 0 Å². The predicted octanol–water partition coefficient (Wildman–Crippen LogP) is 4.04. The van der Waals surface area contributed by atoms with Crippen LogP contribution in [0.5, 0.6) is 0 Å². The molecule has 6 heteroatoms. The standard InChI is InChI=1S/C23H30N4OS/c1-17(19-10-13-29-16-19)14-25-23(24-2)27-15-18(20-6-3-4-7-21(20)27)9-12-26-11-5-8-22(26)28/h3-4,6-7,10,13,16-18H,5,8-9,11-12,14-15H2,1-2H3,(H,24,25). The normalized spacial score (nSPS) is 20.3. The second-order valence-electron chi connectivity index (χ2n) is 8.03. The van der Waals surface area contributed by atoms with E-state index >= 15 is 0 Å². The SMILES string of the molecule is CN=C(NCC(C)c1ccsc1)N1CC(CCN2CCCC2=O)c2ccccc21. The molecule has 3 heterocycles. The van der Waals surface area contributed by atoms with Crippen LogP contribution in [0, 0.1) is 0 Å². The average Bonchev–Trinajstić information content (AvgIpc) is 3.48. The number of hydrogen-bond acceptors (Lipinski definition) is 3. The number of guanidine groups is 1. The van der Waals surface area contributed by atoms with Crippen molar-refractivity contribution in [1.29, 1.82) is 0 Å². The van der Waals surface area contributed by atoms with Gasteiger partial charge < -0.3 is 15.1 Å². The highest BCUT2D eigenvalue weighted by molar-refractivity contribution is 7.07. The molecule has 1 fully saturated rings. The summed E-state index contributed by atoms with van der Waals surface area (Å²) in [5.41, 5.74) is 3.97. The fourth-order valence-corrected chi connectivity index (χ4v) is 5.19. The molecule has 2 aliphatic rings. The summed E-state index contributed by atoms with van der Waals surface area (Å²) < 4.78 is 0. The zero-order valence-corrected chi connectivity index (χ0v) is 18.1. The number of thiophene rings is 1. The van der Waals surface area contributed by atoms with Gasteiger partial charge in [0.05, 0.1) is 0 Å². The van der Waals surface area contributed by atoms with Crippen LogP contribution in [0.3, 0.4) is 0 Å². The van der Waals surface area contributed by atoms with E-state index < -0.39 is 0 Å². The average molecular weight is 411 g/mol. The van der Waals surface area contributed by atoms with Gasteiger partial charge >= 0.3 is 0 Å². The molecule has 0 spiro atoms. The van der Waals surface area contributed by atoms with Crippen molar-refractivity contribution in [2.75, 3.05) is 38.1 Å². The number of anilines is 1. The van der Waals surface area contributed by atoms with E-state index in [-0.39, 0.29) is 0 Å². The molecule has 5 nitrogen and oxygen atoms in total. The highest BCUT2D eigenvalue weighted by atomic mass is 32.1. The van der Waals surface area contributed by atoms with E-state index in [0.29, 0.717) is 24.2 Å². The summed E-state index contributed by atoms with van der Waals surface area (Å²) in [5.74, 6) is 2.10. The number of likely N-dealkylation sites (tertiary alicyclic amines) is 1. The highest BCUT2D eigenvalue weighted by Gasteiger charge is 2.32. The Morgan fingerprint density at radius 3 is 2.93 bits per heavy atom. The van der Waals surface area contributed by atoms with Crippen LogP contribution < -0.4 is 10.2 Å². The summed E-state index contributed by atoms with van der Waals surface area (Å²) in [6.45, 7) is 5.78. The zero-order valence-electron chi connectivity index (χ0n) is 17.3. The number of nitrogens with one attached hydrogen (secondary N) is 1. The topological polar surface area (TPSA) is 47.9 Å². The van der Waals surface area contributed by atoms with Gasteiger partial charge in [-0.05, 0) is 52.8 Å². The summed E-state index contributed by atoms with van der Waals surface area (Å²) >= 11 is 1.74. The van der Waals surface area contributed by atoms with Crippen LogP contribution in [0.1, 0.15) is 49.1 Å². The highest BCUT2D eigenvalue weighted by Crippen LogP contribution is 2.38. The Labute approximate surface area is 177 Å². The van der Waals surface area contributed by atoms with Gasteiger partial charge in [0.1, 0.15) is 0 Å². The maximum atomic E-state index is 12.0. The minimum Gasteiger partial charge on any atom is -0.355 e.